The Bertz CT molecular complexity index is 1230. The van der Waals surface area contributed by atoms with E-state index in [4.69, 9.17) is 4.18 Å². The second-order valence-corrected chi connectivity index (χ2v) is 8.90. The van der Waals surface area contributed by atoms with Gasteiger partial charge >= 0.3 is 10.1 Å². The van der Waals surface area contributed by atoms with Crippen molar-refractivity contribution in [1.82, 2.24) is 0 Å². The zero-order chi connectivity index (χ0) is 19.7. The first-order chi connectivity index (χ1) is 12.8. The van der Waals surface area contributed by atoms with Crippen LogP contribution in [0.25, 0.3) is 21.5 Å². The maximum atomic E-state index is 12.8. The normalized spacial score (nSPS) is 12.3. The van der Waals surface area contributed by atoms with Gasteiger partial charge in [-0.1, -0.05) is 43.8 Å². The third-order valence-electron chi connectivity index (χ3n) is 3.96. The van der Waals surface area contributed by atoms with Crippen LogP contribution < -0.4 is 0 Å². The van der Waals surface area contributed by atoms with Crippen molar-refractivity contribution in [2.45, 2.75) is 23.1 Å². The molecule has 0 aliphatic rings. The van der Waals surface area contributed by atoms with Gasteiger partial charge in [-0.25, -0.2) is 0 Å². The molecule has 3 rings (SSSR count). The molecule has 0 N–H and O–H groups in total. The number of fused-ring (bicyclic) bond motifs is 2. The maximum absolute atomic E-state index is 12.8. The molecule has 3 aromatic carbocycles. The van der Waals surface area contributed by atoms with Crippen LogP contribution in [0.15, 0.2) is 71.2 Å². The Morgan fingerprint density at radius 3 is 2.22 bits per heavy atom. The second kappa shape index (κ2) is 7.30. The molecule has 0 amide bonds. The molecule has 6 nitrogen and oxygen atoms in total. The molecular formula is C19H18O6S2. The van der Waals surface area contributed by atoms with E-state index in [1.807, 2.05) is 24.3 Å². The van der Waals surface area contributed by atoms with Crippen LogP contribution in [0.3, 0.4) is 0 Å². The fraction of sp³-hybridized carbons (Fsp3) is 0.158. The minimum absolute atomic E-state index is 0.0614. The molecule has 0 saturated heterocycles. The minimum atomic E-state index is -4.37. The summed E-state index contributed by atoms with van der Waals surface area (Å²) in [4.78, 5) is -0.915. The van der Waals surface area contributed by atoms with E-state index in [0.29, 0.717) is 11.8 Å². The van der Waals surface area contributed by atoms with Crippen LogP contribution in [0.4, 0.5) is 0 Å². The summed E-state index contributed by atoms with van der Waals surface area (Å²) in [5.74, 6) is 0. The lowest BCUT2D eigenvalue weighted by molar-refractivity contribution is 0.317. The summed E-state index contributed by atoms with van der Waals surface area (Å²) in [7, 11) is -8.71. The third kappa shape index (κ3) is 3.69. The number of rotatable bonds is 7. The molecule has 0 unspecified atom stereocenters. The molecule has 0 atom stereocenters. The van der Waals surface area contributed by atoms with Gasteiger partial charge in [-0.15, -0.1) is 0 Å². The largest absolute Gasteiger partial charge is 0.388 e. The van der Waals surface area contributed by atoms with Crippen molar-refractivity contribution in [3.63, 3.8) is 0 Å². The first-order valence-corrected chi connectivity index (χ1v) is 11.0. The quantitative estimate of drug-likeness (QED) is 0.335. The van der Waals surface area contributed by atoms with E-state index in [-0.39, 0.29) is 12.0 Å². The van der Waals surface area contributed by atoms with Crippen LogP contribution in [0.5, 0.6) is 0 Å². The van der Waals surface area contributed by atoms with Crippen LogP contribution >= 0.6 is 0 Å². The third-order valence-corrected chi connectivity index (χ3v) is 6.77. The average Bonchev–Trinajstić information content (AvgIpc) is 2.63. The monoisotopic (exact) mass is 406 g/mol. The first kappa shape index (κ1) is 19.3. The highest BCUT2D eigenvalue weighted by atomic mass is 32.2. The van der Waals surface area contributed by atoms with Crippen molar-refractivity contribution in [3.05, 3.63) is 61.4 Å². The van der Waals surface area contributed by atoms with E-state index < -0.39 is 30.0 Å². The molecule has 0 radical (unpaired) electrons. The lowest BCUT2D eigenvalue weighted by Gasteiger charge is -2.14. The van der Waals surface area contributed by atoms with E-state index in [1.54, 1.807) is 25.1 Å². The van der Waals surface area contributed by atoms with Gasteiger partial charge in [-0.05, 0) is 40.8 Å². The molecule has 0 saturated carbocycles. The Labute approximate surface area is 158 Å². The SMILES string of the molecule is C=COS(=O)(=O)c1ccc2cc3ccccc3cc2c1S(=O)(=O)OCCC. The Morgan fingerprint density at radius 1 is 0.926 bits per heavy atom. The molecule has 0 spiro atoms. The van der Waals surface area contributed by atoms with Crippen LogP contribution in [-0.4, -0.2) is 23.4 Å². The maximum Gasteiger partial charge on any atom is 0.340 e. The van der Waals surface area contributed by atoms with Gasteiger partial charge in [0, 0.05) is 5.39 Å². The molecule has 0 aliphatic heterocycles. The van der Waals surface area contributed by atoms with Gasteiger partial charge < -0.3 is 4.18 Å². The first-order valence-electron chi connectivity index (χ1n) is 8.19. The second-order valence-electron chi connectivity index (χ2n) is 5.81. The highest BCUT2D eigenvalue weighted by Crippen LogP contribution is 2.34. The van der Waals surface area contributed by atoms with Crippen molar-refractivity contribution in [2.75, 3.05) is 6.61 Å². The smallest absolute Gasteiger partial charge is 0.340 e. The Morgan fingerprint density at radius 2 is 1.59 bits per heavy atom. The predicted molar refractivity (Wildman–Crippen MR) is 103 cm³/mol. The van der Waals surface area contributed by atoms with Gasteiger partial charge in [0.15, 0.2) is 0 Å². The molecule has 0 heterocycles. The van der Waals surface area contributed by atoms with Crippen LogP contribution in [0.2, 0.25) is 0 Å². The summed E-state index contributed by atoms with van der Waals surface area (Å²) in [6.45, 7) is 4.93. The molecule has 0 fully saturated rings. The minimum Gasteiger partial charge on any atom is -0.388 e. The van der Waals surface area contributed by atoms with Gasteiger partial charge in [-0.2, -0.15) is 16.8 Å². The fourth-order valence-corrected chi connectivity index (χ4v) is 5.55. The Balaban J connectivity index is 2.43. The van der Waals surface area contributed by atoms with Gasteiger partial charge in [0.2, 0.25) is 0 Å². The summed E-state index contributed by atoms with van der Waals surface area (Å²) >= 11 is 0. The van der Waals surface area contributed by atoms with Crippen LogP contribution in [-0.2, 0) is 28.6 Å². The number of benzene rings is 3. The average molecular weight is 406 g/mol. The van der Waals surface area contributed by atoms with E-state index in [0.717, 1.165) is 17.0 Å². The Hall–Kier alpha value is -2.42. The number of hydrogen-bond donors (Lipinski definition) is 0. The topological polar surface area (TPSA) is 86.7 Å². The standard InChI is InChI=1S/C19H18O6S2/c1-3-11-25-27(22,23)19-17-13-15-8-6-5-7-14(15)12-16(17)9-10-18(19)26(20,21)24-4-2/h4-10,12-13H,2-3,11H2,1H3. The predicted octanol–water partition coefficient (Wildman–Crippen LogP) is 3.96. The van der Waals surface area contributed by atoms with Crippen LogP contribution in [0.1, 0.15) is 13.3 Å². The van der Waals surface area contributed by atoms with Crippen molar-refractivity contribution in [3.8, 4) is 0 Å². The zero-order valence-corrected chi connectivity index (χ0v) is 16.2. The van der Waals surface area contributed by atoms with E-state index in [1.165, 1.54) is 6.07 Å². The van der Waals surface area contributed by atoms with Gasteiger partial charge in [0.25, 0.3) is 10.1 Å². The molecule has 0 aliphatic carbocycles. The highest BCUT2D eigenvalue weighted by molar-refractivity contribution is 7.90. The molecule has 142 valence electrons. The molecule has 3 aromatic rings. The van der Waals surface area contributed by atoms with Crippen molar-refractivity contribution < 1.29 is 25.2 Å². The highest BCUT2D eigenvalue weighted by Gasteiger charge is 2.30. The fourth-order valence-electron chi connectivity index (χ4n) is 2.81. The number of hydrogen-bond acceptors (Lipinski definition) is 6. The van der Waals surface area contributed by atoms with Crippen molar-refractivity contribution in [1.29, 1.82) is 0 Å². The van der Waals surface area contributed by atoms with Gasteiger partial charge in [0.1, 0.15) is 9.79 Å². The molecule has 27 heavy (non-hydrogen) atoms. The van der Waals surface area contributed by atoms with Crippen molar-refractivity contribution in [2.24, 2.45) is 0 Å². The zero-order valence-electron chi connectivity index (χ0n) is 14.6. The molecule has 8 heteroatoms. The summed E-state index contributed by atoms with van der Waals surface area (Å²) in [6, 6.07) is 13.6. The van der Waals surface area contributed by atoms with E-state index in [9.17, 15) is 16.8 Å². The summed E-state index contributed by atoms with van der Waals surface area (Å²) in [5.41, 5.74) is 0. The molecule has 0 aromatic heterocycles. The molecule has 0 bridgehead atoms. The van der Waals surface area contributed by atoms with Gasteiger partial charge in [0.05, 0.1) is 12.9 Å². The summed E-state index contributed by atoms with van der Waals surface area (Å²) in [6.07, 6.45) is 1.20. The Kier molecular flexibility index (Phi) is 5.23. The van der Waals surface area contributed by atoms with Crippen molar-refractivity contribution >= 4 is 41.8 Å². The van der Waals surface area contributed by atoms with E-state index in [2.05, 4.69) is 10.8 Å². The van der Waals surface area contributed by atoms with Gasteiger partial charge in [-0.3, -0.25) is 4.18 Å². The lowest BCUT2D eigenvalue weighted by Crippen LogP contribution is -2.14. The van der Waals surface area contributed by atoms with E-state index >= 15 is 0 Å². The lowest BCUT2D eigenvalue weighted by atomic mass is 10.0. The summed E-state index contributed by atoms with van der Waals surface area (Å²) in [5, 5.41) is 2.50. The molecular weight excluding hydrogens is 388 g/mol. The summed E-state index contributed by atoms with van der Waals surface area (Å²) < 4.78 is 60.3. The van der Waals surface area contributed by atoms with Crippen LogP contribution in [0, 0.1) is 0 Å².